The molecule has 1 N–H and O–H groups in total. The van der Waals surface area contributed by atoms with Gasteiger partial charge < -0.3 is 10.1 Å². The van der Waals surface area contributed by atoms with Crippen LogP contribution in [0.5, 0.6) is 0 Å². The zero-order valence-corrected chi connectivity index (χ0v) is 9.32. The Hall–Kier alpha value is -0.770. The van der Waals surface area contributed by atoms with E-state index in [1.165, 1.54) is 0 Å². The highest BCUT2D eigenvalue weighted by atomic mass is 35.5. The number of rotatable bonds is 3. The summed E-state index contributed by atoms with van der Waals surface area (Å²) in [5, 5.41) is 2.39. The SMILES string of the molecule is CC(C)(C)OC(=O)NC/C(=C\F)CCl. The lowest BCUT2D eigenvalue weighted by Gasteiger charge is -2.19. The van der Waals surface area contributed by atoms with Gasteiger partial charge in [0.2, 0.25) is 0 Å². The van der Waals surface area contributed by atoms with Gasteiger partial charge in [0.25, 0.3) is 0 Å². The van der Waals surface area contributed by atoms with Crippen molar-refractivity contribution in [1.82, 2.24) is 5.32 Å². The zero-order valence-electron chi connectivity index (χ0n) is 8.56. The molecule has 14 heavy (non-hydrogen) atoms. The summed E-state index contributed by atoms with van der Waals surface area (Å²) in [4.78, 5) is 11.1. The maximum absolute atomic E-state index is 12.0. The average Bonchev–Trinajstić information content (AvgIpc) is 2.03. The van der Waals surface area contributed by atoms with Crippen molar-refractivity contribution in [3.63, 3.8) is 0 Å². The highest BCUT2D eigenvalue weighted by Gasteiger charge is 2.15. The molecule has 0 aliphatic heterocycles. The molecule has 0 aromatic rings. The summed E-state index contributed by atoms with van der Waals surface area (Å²) in [6, 6.07) is 0. The van der Waals surface area contributed by atoms with E-state index < -0.39 is 11.7 Å². The molecule has 0 fully saturated rings. The summed E-state index contributed by atoms with van der Waals surface area (Å²) >= 11 is 5.38. The maximum atomic E-state index is 12.0. The first-order valence-corrected chi connectivity index (χ1v) is 4.73. The van der Waals surface area contributed by atoms with Crippen LogP contribution in [-0.4, -0.2) is 24.1 Å². The fraction of sp³-hybridized carbons (Fsp3) is 0.667. The van der Waals surface area contributed by atoms with Gasteiger partial charge in [-0.25, -0.2) is 9.18 Å². The van der Waals surface area contributed by atoms with Crippen LogP contribution in [0.3, 0.4) is 0 Å². The third-order valence-electron chi connectivity index (χ3n) is 1.18. The van der Waals surface area contributed by atoms with Crippen molar-refractivity contribution in [2.24, 2.45) is 0 Å². The first kappa shape index (κ1) is 13.2. The van der Waals surface area contributed by atoms with Crippen LogP contribution in [0.4, 0.5) is 9.18 Å². The van der Waals surface area contributed by atoms with Crippen molar-refractivity contribution in [3.05, 3.63) is 11.9 Å². The van der Waals surface area contributed by atoms with E-state index in [2.05, 4.69) is 5.32 Å². The van der Waals surface area contributed by atoms with Crippen molar-refractivity contribution >= 4 is 17.7 Å². The maximum Gasteiger partial charge on any atom is 0.407 e. The smallest absolute Gasteiger partial charge is 0.407 e. The molecule has 0 radical (unpaired) electrons. The Morgan fingerprint density at radius 1 is 1.57 bits per heavy atom. The predicted molar refractivity (Wildman–Crippen MR) is 54.1 cm³/mol. The third kappa shape index (κ3) is 6.71. The van der Waals surface area contributed by atoms with Crippen LogP contribution in [-0.2, 0) is 4.74 Å². The molecule has 0 aromatic heterocycles. The summed E-state index contributed by atoms with van der Waals surface area (Å²) in [7, 11) is 0. The van der Waals surface area contributed by atoms with Crippen LogP contribution in [0, 0.1) is 0 Å². The van der Waals surface area contributed by atoms with Crippen LogP contribution in [0.2, 0.25) is 0 Å². The third-order valence-corrected chi connectivity index (χ3v) is 1.53. The Morgan fingerprint density at radius 3 is 2.50 bits per heavy atom. The Labute approximate surface area is 88.3 Å². The lowest BCUT2D eigenvalue weighted by Crippen LogP contribution is -2.33. The molecule has 3 nitrogen and oxygen atoms in total. The number of hydrogen-bond donors (Lipinski definition) is 1. The number of alkyl halides is 1. The summed E-state index contributed by atoms with van der Waals surface area (Å²) in [5.41, 5.74) is -0.248. The Balaban J connectivity index is 3.86. The quantitative estimate of drug-likeness (QED) is 0.747. The fourth-order valence-corrected chi connectivity index (χ4v) is 0.768. The highest BCUT2D eigenvalue weighted by molar-refractivity contribution is 6.19. The minimum atomic E-state index is -0.582. The van der Waals surface area contributed by atoms with Crippen molar-refractivity contribution in [2.75, 3.05) is 12.4 Å². The molecule has 0 aromatic carbocycles. The van der Waals surface area contributed by atoms with Crippen molar-refractivity contribution in [1.29, 1.82) is 0 Å². The van der Waals surface area contributed by atoms with E-state index >= 15 is 0 Å². The molecule has 0 aliphatic carbocycles. The number of halogens is 2. The van der Waals surface area contributed by atoms with Gasteiger partial charge in [-0.3, -0.25) is 0 Å². The molecule has 0 unspecified atom stereocenters. The summed E-state index contributed by atoms with van der Waals surface area (Å²) in [5.74, 6) is 0.0479. The van der Waals surface area contributed by atoms with Gasteiger partial charge in [-0.05, 0) is 26.3 Å². The van der Waals surface area contributed by atoms with Crippen LogP contribution in [0.15, 0.2) is 11.9 Å². The standard InChI is InChI=1S/C9H15ClFNO2/c1-9(2,3)14-8(13)12-6-7(4-10)5-11/h5H,4,6H2,1-3H3,(H,12,13)/b7-5-. The monoisotopic (exact) mass is 223 g/mol. The lowest BCUT2D eigenvalue weighted by molar-refractivity contribution is 0.0532. The molecule has 0 saturated heterocycles. The van der Waals surface area contributed by atoms with Gasteiger partial charge >= 0.3 is 6.09 Å². The number of amides is 1. The summed E-state index contributed by atoms with van der Waals surface area (Å²) in [6.07, 6.45) is -0.202. The molecule has 5 heteroatoms. The first-order valence-electron chi connectivity index (χ1n) is 4.20. The van der Waals surface area contributed by atoms with Gasteiger partial charge in [0.1, 0.15) is 5.60 Å². The number of hydrogen-bond acceptors (Lipinski definition) is 2. The highest BCUT2D eigenvalue weighted by Crippen LogP contribution is 2.06. The van der Waals surface area contributed by atoms with Crippen LogP contribution in [0.25, 0.3) is 0 Å². The van der Waals surface area contributed by atoms with Crippen LogP contribution < -0.4 is 5.32 Å². The van der Waals surface area contributed by atoms with Gasteiger partial charge in [0.15, 0.2) is 0 Å². The summed E-state index contributed by atoms with van der Waals surface area (Å²) in [6.45, 7) is 5.31. The molecule has 0 saturated carbocycles. The lowest BCUT2D eigenvalue weighted by atomic mass is 10.2. The Kier molecular flexibility index (Phi) is 5.53. The van der Waals surface area contributed by atoms with Crippen molar-refractivity contribution in [3.8, 4) is 0 Å². The molecule has 0 bridgehead atoms. The van der Waals surface area contributed by atoms with Gasteiger partial charge in [-0.1, -0.05) is 0 Å². The molecular weight excluding hydrogens is 209 g/mol. The van der Waals surface area contributed by atoms with E-state index in [9.17, 15) is 9.18 Å². The molecule has 0 heterocycles. The van der Waals surface area contributed by atoms with Crippen molar-refractivity contribution < 1.29 is 13.9 Å². The predicted octanol–water partition coefficient (Wildman–Crippen LogP) is 2.60. The summed E-state index contributed by atoms with van der Waals surface area (Å²) < 4.78 is 16.9. The minimum absolute atomic E-state index is 0.0479. The van der Waals surface area contributed by atoms with Gasteiger partial charge in [-0.15, -0.1) is 11.6 Å². The Bertz CT molecular complexity index is 223. The van der Waals surface area contributed by atoms with E-state index in [1.807, 2.05) is 0 Å². The largest absolute Gasteiger partial charge is 0.444 e. The van der Waals surface area contributed by atoms with Crippen LogP contribution in [0.1, 0.15) is 20.8 Å². The molecule has 1 amide bonds. The normalized spacial score (nSPS) is 12.5. The molecule has 0 aliphatic rings. The van der Waals surface area contributed by atoms with Gasteiger partial charge in [0.05, 0.1) is 6.33 Å². The van der Waals surface area contributed by atoms with E-state index in [0.29, 0.717) is 11.9 Å². The van der Waals surface area contributed by atoms with Crippen LogP contribution >= 0.6 is 11.6 Å². The minimum Gasteiger partial charge on any atom is -0.444 e. The van der Waals surface area contributed by atoms with E-state index in [1.54, 1.807) is 20.8 Å². The second-order valence-corrected chi connectivity index (χ2v) is 4.02. The second kappa shape index (κ2) is 5.86. The number of carbonyl (C=O) groups excluding carboxylic acids is 1. The number of carbonyl (C=O) groups is 1. The van der Waals surface area contributed by atoms with E-state index in [-0.39, 0.29) is 12.4 Å². The first-order chi connectivity index (χ1) is 6.39. The average molecular weight is 224 g/mol. The van der Waals surface area contributed by atoms with E-state index in [4.69, 9.17) is 16.3 Å². The number of alkyl carbamates (subject to hydrolysis) is 1. The molecule has 0 spiro atoms. The molecular formula is C9H15ClFNO2. The van der Waals surface area contributed by atoms with Crippen molar-refractivity contribution in [2.45, 2.75) is 26.4 Å². The fourth-order valence-electron chi connectivity index (χ4n) is 0.615. The second-order valence-electron chi connectivity index (χ2n) is 3.76. The molecule has 82 valence electrons. The Morgan fingerprint density at radius 2 is 2.14 bits per heavy atom. The molecule has 0 rings (SSSR count). The van der Waals surface area contributed by atoms with Gasteiger partial charge in [-0.2, -0.15) is 0 Å². The van der Waals surface area contributed by atoms with Gasteiger partial charge in [0, 0.05) is 12.4 Å². The molecule has 0 atom stereocenters. The van der Waals surface area contributed by atoms with E-state index in [0.717, 1.165) is 0 Å². The topological polar surface area (TPSA) is 38.3 Å². The number of ether oxygens (including phenoxy) is 1. The zero-order chi connectivity index (χ0) is 11.2. The number of nitrogens with one attached hydrogen (secondary N) is 1.